The number of nitrogens with zero attached hydrogens (tertiary/aromatic N) is 2. The molecule has 0 spiro atoms. The van der Waals surface area contributed by atoms with Crippen molar-refractivity contribution in [3.8, 4) is 6.07 Å². The molecule has 0 fully saturated rings. The van der Waals surface area contributed by atoms with Crippen LogP contribution in [0.25, 0.3) is 0 Å². The summed E-state index contributed by atoms with van der Waals surface area (Å²) in [5, 5.41) is 8.77. The molecular weight excluding hydrogens is 260 g/mol. The molecule has 4 nitrogen and oxygen atoms in total. The second-order valence-electron chi connectivity index (χ2n) is 4.35. The third-order valence-corrected chi connectivity index (χ3v) is 4.84. The molecule has 0 amide bonds. The van der Waals surface area contributed by atoms with Crippen LogP contribution in [0.5, 0.6) is 0 Å². The van der Waals surface area contributed by atoms with Crippen molar-refractivity contribution < 1.29 is 8.42 Å². The molecule has 1 aromatic carbocycles. The van der Waals surface area contributed by atoms with Gasteiger partial charge in [0, 0.05) is 6.54 Å². The Morgan fingerprint density at radius 1 is 1.21 bits per heavy atom. The molecule has 0 unspecified atom stereocenters. The highest BCUT2D eigenvalue weighted by atomic mass is 32.2. The van der Waals surface area contributed by atoms with Crippen molar-refractivity contribution in [2.24, 2.45) is 0 Å². The number of hydrogen-bond acceptors (Lipinski definition) is 3. The van der Waals surface area contributed by atoms with Gasteiger partial charge in [-0.2, -0.15) is 9.57 Å². The van der Waals surface area contributed by atoms with E-state index in [9.17, 15) is 8.42 Å². The molecule has 1 rings (SSSR count). The van der Waals surface area contributed by atoms with Gasteiger partial charge in [-0.05, 0) is 30.5 Å². The summed E-state index contributed by atoms with van der Waals surface area (Å²) in [5.41, 5.74) is 1.10. The number of nitriles is 1. The molecule has 0 aromatic heterocycles. The van der Waals surface area contributed by atoms with E-state index in [2.05, 4.69) is 0 Å². The van der Waals surface area contributed by atoms with Gasteiger partial charge in [0.15, 0.2) is 0 Å². The van der Waals surface area contributed by atoms with E-state index in [0.717, 1.165) is 24.8 Å². The van der Waals surface area contributed by atoms with Crippen molar-refractivity contribution in [2.75, 3.05) is 13.1 Å². The van der Waals surface area contributed by atoms with Crippen molar-refractivity contribution >= 4 is 10.0 Å². The summed E-state index contributed by atoms with van der Waals surface area (Å²) < 4.78 is 26.1. The minimum Gasteiger partial charge on any atom is -0.207 e. The molecule has 0 bridgehead atoms. The van der Waals surface area contributed by atoms with Gasteiger partial charge in [-0.25, -0.2) is 8.42 Å². The Morgan fingerprint density at radius 3 is 2.32 bits per heavy atom. The third-order valence-electron chi connectivity index (χ3n) is 2.98. The van der Waals surface area contributed by atoms with Gasteiger partial charge in [0.05, 0.1) is 11.0 Å². The summed E-state index contributed by atoms with van der Waals surface area (Å²) in [5.74, 6) is 0. The molecule has 0 saturated carbocycles. The van der Waals surface area contributed by atoms with E-state index in [4.69, 9.17) is 5.26 Å². The van der Waals surface area contributed by atoms with Crippen LogP contribution in [0.4, 0.5) is 0 Å². The summed E-state index contributed by atoms with van der Waals surface area (Å²) in [6.45, 7) is 4.31. The van der Waals surface area contributed by atoms with E-state index >= 15 is 0 Å². The number of hydrogen-bond donors (Lipinski definition) is 0. The Morgan fingerprint density at radius 2 is 1.84 bits per heavy atom. The van der Waals surface area contributed by atoms with Crippen LogP contribution in [-0.2, 0) is 16.4 Å². The highest BCUT2D eigenvalue weighted by Crippen LogP contribution is 2.17. The van der Waals surface area contributed by atoms with Gasteiger partial charge in [-0.3, -0.25) is 0 Å². The molecule has 0 aliphatic carbocycles. The lowest BCUT2D eigenvalue weighted by Crippen LogP contribution is -2.32. The number of sulfonamides is 1. The van der Waals surface area contributed by atoms with Gasteiger partial charge in [-0.1, -0.05) is 32.4 Å². The lowest BCUT2D eigenvalue weighted by molar-refractivity contribution is 0.435. The minimum atomic E-state index is -3.55. The Bertz CT molecular complexity index is 530. The van der Waals surface area contributed by atoms with Crippen LogP contribution >= 0.6 is 0 Å². The van der Waals surface area contributed by atoms with E-state index in [1.165, 1.54) is 4.31 Å². The predicted molar refractivity (Wildman–Crippen MR) is 75.1 cm³/mol. The SMILES string of the molecule is CCCCN(CC#N)S(=O)(=O)c1ccc(CC)cc1. The number of aryl methyl sites for hydroxylation is 1. The summed E-state index contributed by atoms with van der Waals surface area (Å²) in [6.07, 6.45) is 2.53. The predicted octanol–water partition coefficient (Wildman–Crippen LogP) is 2.56. The van der Waals surface area contributed by atoms with Crippen LogP contribution < -0.4 is 0 Å². The fourth-order valence-corrected chi connectivity index (χ4v) is 3.12. The van der Waals surface area contributed by atoms with Crippen molar-refractivity contribution in [1.29, 1.82) is 5.26 Å². The molecule has 0 radical (unpaired) electrons. The maximum atomic E-state index is 12.4. The number of rotatable bonds is 7. The molecule has 19 heavy (non-hydrogen) atoms. The molecule has 104 valence electrons. The van der Waals surface area contributed by atoms with E-state index in [0.29, 0.717) is 6.54 Å². The van der Waals surface area contributed by atoms with Gasteiger partial charge in [0.2, 0.25) is 10.0 Å². The Kier molecular flexibility index (Phi) is 6.00. The molecule has 0 N–H and O–H groups in total. The quantitative estimate of drug-likeness (QED) is 0.721. The van der Waals surface area contributed by atoms with Gasteiger partial charge in [0.1, 0.15) is 6.54 Å². The first-order valence-corrected chi connectivity index (χ1v) is 7.96. The van der Waals surface area contributed by atoms with Gasteiger partial charge in [-0.15, -0.1) is 0 Å². The van der Waals surface area contributed by atoms with Crippen molar-refractivity contribution in [3.63, 3.8) is 0 Å². The van der Waals surface area contributed by atoms with Crippen LogP contribution in [0.15, 0.2) is 29.2 Å². The van der Waals surface area contributed by atoms with Gasteiger partial charge >= 0.3 is 0 Å². The monoisotopic (exact) mass is 280 g/mol. The Balaban J connectivity index is 3.00. The molecular formula is C14H20N2O2S. The molecule has 0 atom stereocenters. The lowest BCUT2D eigenvalue weighted by Gasteiger charge is -2.19. The smallest absolute Gasteiger partial charge is 0.207 e. The minimum absolute atomic E-state index is 0.0993. The first kappa shape index (κ1) is 15.7. The van der Waals surface area contributed by atoms with Gasteiger partial charge < -0.3 is 0 Å². The lowest BCUT2D eigenvalue weighted by atomic mass is 10.2. The Labute approximate surface area is 115 Å². The van der Waals surface area contributed by atoms with Crippen molar-refractivity contribution in [1.82, 2.24) is 4.31 Å². The van der Waals surface area contributed by atoms with E-state index in [1.54, 1.807) is 12.1 Å². The average Bonchev–Trinajstić information content (AvgIpc) is 2.43. The Hall–Kier alpha value is -1.38. The topological polar surface area (TPSA) is 61.2 Å². The number of benzene rings is 1. The highest BCUT2D eigenvalue weighted by Gasteiger charge is 2.23. The molecule has 0 aliphatic heterocycles. The van der Waals surface area contributed by atoms with Gasteiger partial charge in [0.25, 0.3) is 0 Å². The first-order valence-electron chi connectivity index (χ1n) is 6.52. The number of unbranched alkanes of at least 4 members (excludes halogenated alkanes) is 1. The fraction of sp³-hybridized carbons (Fsp3) is 0.500. The molecule has 0 aliphatic rings. The summed E-state index contributed by atoms with van der Waals surface area (Å²) in [6, 6.07) is 8.79. The zero-order chi connectivity index (χ0) is 14.3. The van der Waals surface area contributed by atoms with Crippen LogP contribution in [0, 0.1) is 11.3 Å². The van der Waals surface area contributed by atoms with E-state index in [-0.39, 0.29) is 11.4 Å². The fourth-order valence-electron chi connectivity index (χ4n) is 1.74. The van der Waals surface area contributed by atoms with Crippen LogP contribution in [0.2, 0.25) is 0 Å². The maximum absolute atomic E-state index is 12.4. The summed E-state index contributed by atoms with van der Waals surface area (Å²) in [4.78, 5) is 0.260. The zero-order valence-electron chi connectivity index (χ0n) is 11.5. The van der Waals surface area contributed by atoms with Crippen LogP contribution in [0.3, 0.4) is 0 Å². The second kappa shape index (κ2) is 7.27. The highest BCUT2D eigenvalue weighted by molar-refractivity contribution is 7.89. The largest absolute Gasteiger partial charge is 0.244 e. The van der Waals surface area contributed by atoms with Crippen LogP contribution in [0.1, 0.15) is 32.3 Å². The third kappa shape index (κ3) is 4.05. The van der Waals surface area contributed by atoms with E-state index in [1.807, 2.05) is 32.0 Å². The van der Waals surface area contributed by atoms with E-state index < -0.39 is 10.0 Å². The average molecular weight is 280 g/mol. The molecule has 0 heterocycles. The standard InChI is InChI=1S/C14H20N2O2S/c1-3-5-11-16(12-10-15)19(17,18)14-8-6-13(4-2)7-9-14/h6-9H,3-5,11-12H2,1-2H3. The molecule has 1 aromatic rings. The van der Waals surface area contributed by atoms with Crippen molar-refractivity contribution in [3.05, 3.63) is 29.8 Å². The van der Waals surface area contributed by atoms with Crippen LogP contribution in [-0.4, -0.2) is 25.8 Å². The normalized spacial score (nSPS) is 11.5. The second-order valence-corrected chi connectivity index (χ2v) is 6.29. The summed E-state index contributed by atoms with van der Waals surface area (Å²) in [7, 11) is -3.55. The first-order chi connectivity index (χ1) is 9.06. The molecule has 0 saturated heterocycles. The summed E-state index contributed by atoms with van der Waals surface area (Å²) >= 11 is 0. The molecule has 5 heteroatoms. The maximum Gasteiger partial charge on any atom is 0.244 e. The van der Waals surface area contributed by atoms with Crippen molar-refractivity contribution in [2.45, 2.75) is 38.0 Å². The zero-order valence-corrected chi connectivity index (χ0v) is 12.3.